The Kier molecular flexibility index (Phi) is 5.28. The fourth-order valence-corrected chi connectivity index (χ4v) is 2.94. The zero-order chi connectivity index (χ0) is 19.4. The Balaban J connectivity index is 1.58. The second-order valence-corrected chi connectivity index (χ2v) is 7.49. The number of nitrogens with zero attached hydrogens (tertiary/aromatic N) is 4. The molecule has 0 aliphatic rings. The topological polar surface area (TPSA) is 133 Å². The van der Waals surface area contributed by atoms with Gasteiger partial charge < -0.3 is 5.32 Å². The number of carbonyl (C=O) groups excluding carboxylic acids is 1. The number of hydrogen-bond acceptors (Lipinski definition) is 6. The van der Waals surface area contributed by atoms with Crippen LogP contribution in [0.5, 0.6) is 0 Å². The minimum Gasteiger partial charge on any atom is -0.350 e. The van der Waals surface area contributed by atoms with Crippen molar-refractivity contribution in [1.29, 1.82) is 0 Å². The Morgan fingerprint density at radius 3 is 2.52 bits per heavy atom. The zero-order valence-corrected chi connectivity index (χ0v) is 15.3. The lowest BCUT2D eigenvalue weighted by molar-refractivity contribution is -0.122. The highest BCUT2D eigenvalue weighted by atomic mass is 32.2. The molecule has 0 fully saturated rings. The van der Waals surface area contributed by atoms with Crippen molar-refractivity contribution in [2.75, 3.05) is 0 Å². The molecule has 0 saturated heterocycles. The molecule has 0 unspecified atom stereocenters. The molecule has 2 aromatic carbocycles. The van der Waals surface area contributed by atoms with Crippen molar-refractivity contribution in [3.63, 3.8) is 0 Å². The molecule has 0 bridgehead atoms. The van der Waals surface area contributed by atoms with Gasteiger partial charge in [-0.15, -0.1) is 10.2 Å². The molecule has 3 N–H and O–H groups in total. The number of sulfonamides is 1. The average Bonchev–Trinajstić information content (AvgIpc) is 3.08. The summed E-state index contributed by atoms with van der Waals surface area (Å²) in [5, 5.41) is 19.9. The highest BCUT2D eigenvalue weighted by Gasteiger charge is 2.11. The first-order valence-corrected chi connectivity index (χ1v) is 9.60. The molecule has 140 valence electrons. The summed E-state index contributed by atoms with van der Waals surface area (Å²) in [6.45, 7) is 2.11. The quantitative estimate of drug-likeness (QED) is 0.638. The van der Waals surface area contributed by atoms with Crippen LogP contribution in [0.1, 0.15) is 11.1 Å². The van der Waals surface area contributed by atoms with Crippen LogP contribution in [-0.2, 0) is 27.9 Å². The minimum absolute atomic E-state index is 0.0214. The van der Waals surface area contributed by atoms with E-state index >= 15 is 0 Å². The van der Waals surface area contributed by atoms with Crippen molar-refractivity contribution in [2.24, 2.45) is 5.14 Å². The van der Waals surface area contributed by atoms with Crippen LogP contribution < -0.4 is 10.5 Å². The summed E-state index contributed by atoms with van der Waals surface area (Å²) in [6, 6.07) is 13.6. The van der Waals surface area contributed by atoms with Crippen molar-refractivity contribution in [3.8, 4) is 11.4 Å². The van der Waals surface area contributed by atoms with E-state index in [4.69, 9.17) is 5.14 Å². The number of aryl methyl sites for hydroxylation is 1. The number of aromatic nitrogens is 4. The Morgan fingerprint density at radius 2 is 1.85 bits per heavy atom. The van der Waals surface area contributed by atoms with Gasteiger partial charge in [-0.2, -0.15) is 4.80 Å². The first-order valence-electron chi connectivity index (χ1n) is 8.05. The van der Waals surface area contributed by atoms with Crippen molar-refractivity contribution < 1.29 is 13.2 Å². The molecule has 3 aromatic rings. The molecule has 9 nitrogen and oxygen atoms in total. The molecule has 1 heterocycles. The van der Waals surface area contributed by atoms with Crippen LogP contribution >= 0.6 is 0 Å². The van der Waals surface area contributed by atoms with E-state index in [2.05, 4.69) is 20.7 Å². The molecule has 1 aromatic heterocycles. The summed E-state index contributed by atoms with van der Waals surface area (Å²) in [5.74, 6) is 0.165. The van der Waals surface area contributed by atoms with E-state index in [1.54, 1.807) is 12.1 Å². The summed E-state index contributed by atoms with van der Waals surface area (Å²) in [5.41, 5.74) is 2.62. The van der Waals surface area contributed by atoms with Crippen molar-refractivity contribution >= 4 is 15.9 Å². The fourth-order valence-electron chi connectivity index (χ4n) is 2.42. The Labute approximate surface area is 156 Å². The maximum atomic E-state index is 12.1. The van der Waals surface area contributed by atoms with Crippen LogP contribution in [0.3, 0.4) is 0 Å². The summed E-state index contributed by atoms with van der Waals surface area (Å²) in [4.78, 5) is 13.3. The van der Waals surface area contributed by atoms with Gasteiger partial charge in [0.05, 0.1) is 4.90 Å². The highest BCUT2D eigenvalue weighted by Crippen LogP contribution is 2.17. The predicted octanol–water partition coefficient (Wildman–Crippen LogP) is 0.612. The van der Waals surface area contributed by atoms with E-state index in [1.807, 2.05) is 31.2 Å². The third-order valence-electron chi connectivity index (χ3n) is 3.87. The molecular formula is C17H18N6O3S. The van der Waals surface area contributed by atoms with Crippen LogP contribution in [0.4, 0.5) is 0 Å². The van der Waals surface area contributed by atoms with Gasteiger partial charge >= 0.3 is 0 Å². The summed E-state index contributed by atoms with van der Waals surface area (Å²) in [6.07, 6.45) is 0. The number of nitrogens with two attached hydrogens (primary N) is 1. The largest absolute Gasteiger partial charge is 0.350 e. The predicted molar refractivity (Wildman–Crippen MR) is 97.7 cm³/mol. The Bertz CT molecular complexity index is 1060. The zero-order valence-electron chi connectivity index (χ0n) is 14.5. The van der Waals surface area contributed by atoms with E-state index in [0.29, 0.717) is 5.82 Å². The van der Waals surface area contributed by atoms with Crippen LogP contribution in [0.25, 0.3) is 11.4 Å². The number of carbonyl (C=O) groups is 1. The van der Waals surface area contributed by atoms with Gasteiger partial charge in [0, 0.05) is 12.1 Å². The standard InChI is InChI=1S/C17H18N6O3S/c1-12-4-2-3-5-15(12)17-20-22-23(21-17)11-16(24)19-10-13-6-8-14(9-7-13)27(18,25)26/h2-9H,10-11H2,1H3,(H,19,24)(H2,18,25,26). The number of amides is 1. The monoisotopic (exact) mass is 386 g/mol. The van der Waals surface area contributed by atoms with Crippen molar-refractivity contribution in [3.05, 3.63) is 59.7 Å². The number of nitrogens with one attached hydrogen (secondary N) is 1. The SMILES string of the molecule is Cc1ccccc1-c1nnn(CC(=O)NCc2ccc(S(N)(=O)=O)cc2)n1. The highest BCUT2D eigenvalue weighted by molar-refractivity contribution is 7.89. The number of tetrazole rings is 1. The van der Waals surface area contributed by atoms with Gasteiger partial charge in [-0.3, -0.25) is 4.79 Å². The molecule has 0 atom stereocenters. The van der Waals surface area contributed by atoms with E-state index in [9.17, 15) is 13.2 Å². The van der Waals surface area contributed by atoms with Crippen LogP contribution in [0, 0.1) is 6.92 Å². The number of benzene rings is 2. The third-order valence-corrected chi connectivity index (χ3v) is 4.79. The minimum atomic E-state index is -3.73. The second-order valence-electron chi connectivity index (χ2n) is 5.92. The molecule has 3 rings (SSSR count). The van der Waals surface area contributed by atoms with E-state index in [0.717, 1.165) is 16.7 Å². The summed E-state index contributed by atoms with van der Waals surface area (Å²) >= 11 is 0. The molecule has 0 aliphatic heterocycles. The van der Waals surface area contributed by atoms with Gasteiger partial charge in [-0.25, -0.2) is 13.6 Å². The number of rotatable bonds is 6. The first-order chi connectivity index (χ1) is 12.8. The molecule has 27 heavy (non-hydrogen) atoms. The third kappa shape index (κ3) is 4.74. The van der Waals surface area contributed by atoms with Gasteiger partial charge in [0.15, 0.2) is 0 Å². The van der Waals surface area contributed by atoms with Crippen molar-refractivity contribution in [2.45, 2.75) is 24.9 Å². The summed E-state index contributed by atoms with van der Waals surface area (Å²) in [7, 11) is -3.73. The molecule has 0 spiro atoms. The van der Waals surface area contributed by atoms with Gasteiger partial charge in [0.25, 0.3) is 0 Å². The molecule has 0 saturated carbocycles. The molecule has 0 aliphatic carbocycles. The number of hydrogen-bond donors (Lipinski definition) is 2. The van der Waals surface area contributed by atoms with Crippen LogP contribution in [0.2, 0.25) is 0 Å². The molecule has 10 heteroatoms. The van der Waals surface area contributed by atoms with E-state index in [1.165, 1.54) is 16.9 Å². The molecule has 1 amide bonds. The normalized spacial score (nSPS) is 11.3. The smallest absolute Gasteiger partial charge is 0.243 e. The first kappa shape index (κ1) is 18.7. The maximum Gasteiger partial charge on any atom is 0.243 e. The maximum absolute atomic E-state index is 12.1. The Hall–Kier alpha value is -3.11. The average molecular weight is 386 g/mol. The van der Waals surface area contributed by atoms with Gasteiger partial charge in [-0.05, 0) is 35.4 Å². The Morgan fingerprint density at radius 1 is 1.15 bits per heavy atom. The van der Waals surface area contributed by atoms with Crippen LogP contribution in [0.15, 0.2) is 53.4 Å². The van der Waals surface area contributed by atoms with Crippen molar-refractivity contribution in [1.82, 2.24) is 25.5 Å². The van der Waals surface area contributed by atoms with E-state index in [-0.39, 0.29) is 23.9 Å². The number of primary sulfonamides is 1. The second kappa shape index (κ2) is 7.64. The molecular weight excluding hydrogens is 368 g/mol. The fraction of sp³-hybridized carbons (Fsp3) is 0.176. The van der Waals surface area contributed by atoms with Crippen LogP contribution in [-0.4, -0.2) is 34.5 Å². The van der Waals surface area contributed by atoms with Gasteiger partial charge in [0.1, 0.15) is 6.54 Å². The summed E-state index contributed by atoms with van der Waals surface area (Å²) < 4.78 is 22.4. The lowest BCUT2D eigenvalue weighted by Crippen LogP contribution is -2.28. The lowest BCUT2D eigenvalue weighted by Gasteiger charge is -2.05. The molecule has 0 radical (unpaired) electrons. The van der Waals surface area contributed by atoms with Gasteiger partial charge in [-0.1, -0.05) is 36.4 Å². The van der Waals surface area contributed by atoms with Gasteiger partial charge in [0.2, 0.25) is 21.8 Å². The van der Waals surface area contributed by atoms with E-state index < -0.39 is 10.0 Å². The lowest BCUT2D eigenvalue weighted by atomic mass is 10.1.